The standard InChI is InChI=1S/C18H38O7/c19-12-10-8-6-4-2-1-3-5-7-9-11-14(21)16(23)18(25)17(24)15(22)13-20/h14-25H,1-13H2/t14?,15-,16+,17-,18-/m1/s1. The lowest BCUT2D eigenvalue weighted by Gasteiger charge is -2.28. The van der Waals surface area contributed by atoms with Crippen molar-refractivity contribution in [2.75, 3.05) is 13.2 Å². The van der Waals surface area contributed by atoms with Crippen molar-refractivity contribution in [3.63, 3.8) is 0 Å². The van der Waals surface area contributed by atoms with Crippen molar-refractivity contribution < 1.29 is 35.7 Å². The third-order valence-electron chi connectivity index (χ3n) is 4.58. The van der Waals surface area contributed by atoms with Gasteiger partial charge in [0.15, 0.2) is 0 Å². The summed E-state index contributed by atoms with van der Waals surface area (Å²) >= 11 is 0. The lowest BCUT2D eigenvalue weighted by molar-refractivity contribution is -0.141. The zero-order valence-corrected chi connectivity index (χ0v) is 15.2. The topological polar surface area (TPSA) is 142 Å². The van der Waals surface area contributed by atoms with Crippen LogP contribution in [0.5, 0.6) is 0 Å². The molecule has 0 saturated carbocycles. The molecule has 0 amide bonds. The normalized spacial score (nSPS) is 17.9. The smallest absolute Gasteiger partial charge is 0.111 e. The maximum absolute atomic E-state index is 9.85. The molecule has 0 aromatic carbocycles. The highest BCUT2D eigenvalue weighted by Gasteiger charge is 2.33. The van der Waals surface area contributed by atoms with Crippen LogP contribution in [0.1, 0.15) is 70.6 Å². The average molecular weight is 366 g/mol. The fourth-order valence-corrected chi connectivity index (χ4v) is 2.82. The van der Waals surface area contributed by atoms with Crippen LogP contribution in [-0.2, 0) is 0 Å². The Morgan fingerprint density at radius 3 is 1.28 bits per heavy atom. The molecule has 0 fully saturated rings. The summed E-state index contributed by atoms with van der Waals surface area (Å²) in [6.07, 6.45) is 3.13. The molecular formula is C18H38O7. The van der Waals surface area contributed by atoms with Crippen LogP contribution in [0, 0.1) is 0 Å². The minimum absolute atomic E-state index is 0.276. The molecular weight excluding hydrogens is 328 g/mol. The quantitative estimate of drug-likeness (QED) is 0.181. The Morgan fingerprint density at radius 2 is 0.840 bits per heavy atom. The number of hydrogen-bond donors (Lipinski definition) is 7. The first-order valence-corrected chi connectivity index (χ1v) is 9.57. The van der Waals surface area contributed by atoms with E-state index in [1.807, 2.05) is 0 Å². The molecule has 0 spiro atoms. The van der Waals surface area contributed by atoms with Crippen molar-refractivity contribution in [3.8, 4) is 0 Å². The molecule has 0 aliphatic rings. The van der Waals surface area contributed by atoms with Crippen molar-refractivity contribution in [3.05, 3.63) is 0 Å². The highest BCUT2D eigenvalue weighted by molar-refractivity contribution is 4.84. The Hall–Kier alpha value is -0.280. The SMILES string of the molecule is OCCCCCCCCCCCCC(O)[C@H](O)[C@@H](O)[C@H](O)[C@H](O)CO. The summed E-state index contributed by atoms with van der Waals surface area (Å²) in [5.41, 5.74) is 0. The summed E-state index contributed by atoms with van der Waals surface area (Å²) in [4.78, 5) is 0. The van der Waals surface area contributed by atoms with E-state index in [2.05, 4.69) is 0 Å². The number of aliphatic hydroxyl groups is 7. The van der Waals surface area contributed by atoms with Gasteiger partial charge in [-0.25, -0.2) is 0 Å². The Labute approximate surface area is 151 Å². The summed E-state index contributed by atoms with van der Waals surface area (Å²) < 4.78 is 0. The van der Waals surface area contributed by atoms with Gasteiger partial charge in [0.1, 0.15) is 24.4 Å². The maximum atomic E-state index is 9.85. The number of rotatable bonds is 17. The molecule has 0 aromatic rings. The van der Waals surface area contributed by atoms with E-state index in [-0.39, 0.29) is 6.61 Å². The minimum atomic E-state index is -1.71. The molecule has 7 heteroatoms. The summed E-state index contributed by atoms with van der Waals surface area (Å²) in [6.45, 7) is -0.457. The molecule has 0 heterocycles. The summed E-state index contributed by atoms with van der Waals surface area (Å²) in [7, 11) is 0. The molecule has 0 aromatic heterocycles. The Bertz CT molecular complexity index is 291. The van der Waals surface area contributed by atoms with Crippen molar-refractivity contribution in [2.45, 2.75) is 101 Å². The van der Waals surface area contributed by atoms with Gasteiger partial charge in [-0.05, 0) is 12.8 Å². The zero-order chi connectivity index (χ0) is 19.1. The number of hydrogen-bond acceptors (Lipinski definition) is 7. The molecule has 0 rings (SSSR count). The second-order valence-electron chi connectivity index (χ2n) is 6.84. The Balaban J connectivity index is 3.64. The average Bonchev–Trinajstić information content (AvgIpc) is 2.63. The predicted octanol–water partition coefficient (Wildman–Crippen LogP) is 0.0666. The van der Waals surface area contributed by atoms with Crippen LogP contribution in [-0.4, -0.2) is 79.5 Å². The molecule has 7 nitrogen and oxygen atoms in total. The molecule has 1 unspecified atom stereocenters. The lowest BCUT2D eigenvalue weighted by atomic mass is 9.96. The molecule has 0 aliphatic heterocycles. The monoisotopic (exact) mass is 366 g/mol. The van der Waals surface area contributed by atoms with Crippen molar-refractivity contribution in [2.24, 2.45) is 0 Å². The van der Waals surface area contributed by atoms with Gasteiger partial charge in [-0.1, -0.05) is 57.8 Å². The van der Waals surface area contributed by atoms with Crippen LogP contribution >= 0.6 is 0 Å². The van der Waals surface area contributed by atoms with E-state index in [0.29, 0.717) is 12.8 Å². The summed E-state index contributed by atoms with van der Waals surface area (Å²) in [5, 5.41) is 65.5. The minimum Gasteiger partial charge on any atom is -0.396 e. The van der Waals surface area contributed by atoms with Crippen LogP contribution in [0.25, 0.3) is 0 Å². The molecule has 7 N–H and O–H groups in total. The first-order chi connectivity index (χ1) is 12.0. The largest absolute Gasteiger partial charge is 0.396 e. The fourth-order valence-electron chi connectivity index (χ4n) is 2.82. The van der Waals surface area contributed by atoms with E-state index < -0.39 is 37.1 Å². The lowest BCUT2D eigenvalue weighted by Crippen LogP contribution is -2.49. The molecule has 0 aliphatic carbocycles. The third kappa shape index (κ3) is 11.9. The van der Waals surface area contributed by atoms with Gasteiger partial charge in [-0.3, -0.25) is 0 Å². The predicted molar refractivity (Wildman–Crippen MR) is 95.0 cm³/mol. The van der Waals surface area contributed by atoms with Crippen molar-refractivity contribution in [1.29, 1.82) is 0 Å². The maximum Gasteiger partial charge on any atom is 0.111 e. The molecule has 0 saturated heterocycles. The van der Waals surface area contributed by atoms with Crippen LogP contribution in [0.3, 0.4) is 0 Å². The highest BCUT2D eigenvalue weighted by Crippen LogP contribution is 2.15. The third-order valence-corrected chi connectivity index (χ3v) is 4.58. The summed E-state index contributed by atoms with van der Waals surface area (Å²) in [5.74, 6) is 0. The molecule has 0 bridgehead atoms. The zero-order valence-electron chi connectivity index (χ0n) is 15.2. The van der Waals surface area contributed by atoms with Gasteiger partial charge in [-0.2, -0.15) is 0 Å². The highest BCUT2D eigenvalue weighted by atomic mass is 16.4. The van der Waals surface area contributed by atoms with Crippen LogP contribution in [0.2, 0.25) is 0 Å². The molecule has 152 valence electrons. The number of unbranched alkanes of at least 4 members (excludes halogenated alkanes) is 9. The van der Waals surface area contributed by atoms with E-state index >= 15 is 0 Å². The molecule has 5 atom stereocenters. The van der Waals surface area contributed by atoms with E-state index in [4.69, 9.17) is 10.2 Å². The van der Waals surface area contributed by atoms with Crippen LogP contribution in [0.15, 0.2) is 0 Å². The molecule has 25 heavy (non-hydrogen) atoms. The first kappa shape index (κ1) is 24.7. The van der Waals surface area contributed by atoms with Crippen LogP contribution < -0.4 is 0 Å². The first-order valence-electron chi connectivity index (χ1n) is 9.57. The van der Waals surface area contributed by atoms with E-state index in [1.165, 1.54) is 25.7 Å². The van der Waals surface area contributed by atoms with Crippen LogP contribution in [0.4, 0.5) is 0 Å². The Morgan fingerprint density at radius 1 is 0.440 bits per heavy atom. The van der Waals surface area contributed by atoms with E-state index in [1.54, 1.807) is 0 Å². The second-order valence-corrected chi connectivity index (χ2v) is 6.84. The van der Waals surface area contributed by atoms with Gasteiger partial charge in [0, 0.05) is 6.61 Å². The Kier molecular flexibility index (Phi) is 15.8. The van der Waals surface area contributed by atoms with E-state index in [9.17, 15) is 25.5 Å². The van der Waals surface area contributed by atoms with Crippen molar-refractivity contribution in [1.82, 2.24) is 0 Å². The fraction of sp³-hybridized carbons (Fsp3) is 1.00. The molecule has 0 radical (unpaired) electrons. The van der Waals surface area contributed by atoms with Gasteiger partial charge in [0.2, 0.25) is 0 Å². The van der Waals surface area contributed by atoms with Gasteiger partial charge in [-0.15, -0.1) is 0 Å². The van der Waals surface area contributed by atoms with Gasteiger partial charge in [0.05, 0.1) is 12.7 Å². The van der Waals surface area contributed by atoms with Gasteiger partial charge < -0.3 is 35.7 Å². The number of aliphatic hydroxyl groups excluding tert-OH is 7. The van der Waals surface area contributed by atoms with Gasteiger partial charge in [0.25, 0.3) is 0 Å². The van der Waals surface area contributed by atoms with Crippen molar-refractivity contribution >= 4 is 0 Å². The summed E-state index contributed by atoms with van der Waals surface area (Å²) in [6, 6.07) is 0. The van der Waals surface area contributed by atoms with E-state index in [0.717, 1.165) is 32.1 Å². The van der Waals surface area contributed by atoms with Gasteiger partial charge >= 0.3 is 0 Å². The second kappa shape index (κ2) is 15.9.